The summed E-state index contributed by atoms with van der Waals surface area (Å²) >= 11 is 0. The van der Waals surface area contributed by atoms with Gasteiger partial charge in [0.25, 0.3) is 0 Å². The first-order valence-corrected chi connectivity index (χ1v) is 5.83. The quantitative estimate of drug-likeness (QED) is 0.754. The van der Waals surface area contributed by atoms with Gasteiger partial charge in [0.2, 0.25) is 5.78 Å². The van der Waals surface area contributed by atoms with Crippen LogP contribution in [0.1, 0.15) is 36.2 Å². The van der Waals surface area contributed by atoms with E-state index in [0.717, 1.165) is 12.8 Å². The molecule has 0 radical (unpaired) electrons. The minimum absolute atomic E-state index is 0.0113. The van der Waals surface area contributed by atoms with E-state index < -0.39 is 0 Å². The average molecular weight is 222 g/mol. The molecule has 0 saturated heterocycles. The molecule has 0 aliphatic heterocycles. The molecule has 2 atom stereocenters. The van der Waals surface area contributed by atoms with Crippen LogP contribution >= 0.6 is 0 Å². The Balaban J connectivity index is 1.80. The van der Waals surface area contributed by atoms with Crippen LogP contribution in [0.25, 0.3) is 0 Å². The second-order valence-corrected chi connectivity index (χ2v) is 4.34. The van der Waals surface area contributed by atoms with E-state index in [2.05, 4.69) is 5.32 Å². The van der Waals surface area contributed by atoms with E-state index >= 15 is 0 Å². The van der Waals surface area contributed by atoms with Crippen LogP contribution in [0.5, 0.6) is 0 Å². The second kappa shape index (κ2) is 5.27. The number of carbonyl (C=O) groups is 1. The van der Waals surface area contributed by atoms with Crippen LogP contribution in [0.4, 0.5) is 0 Å². The van der Waals surface area contributed by atoms with Crippen LogP contribution in [0, 0.1) is 0 Å². The second-order valence-electron chi connectivity index (χ2n) is 4.34. The lowest BCUT2D eigenvalue weighted by molar-refractivity contribution is 0.0957. The Morgan fingerprint density at radius 2 is 2.31 bits per heavy atom. The summed E-state index contributed by atoms with van der Waals surface area (Å²) in [7, 11) is 0. The molecule has 3 N–H and O–H groups in total. The SMILES string of the molecule is N[C@H]1CCCC[C@@H]1NCC(=O)c1ccco1. The van der Waals surface area contributed by atoms with E-state index in [9.17, 15) is 4.79 Å². The van der Waals surface area contributed by atoms with Gasteiger partial charge in [0.1, 0.15) is 0 Å². The summed E-state index contributed by atoms with van der Waals surface area (Å²) in [5.74, 6) is 0.402. The van der Waals surface area contributed by atoms with Gasteiger partial charge in [-0.1, -0.05) is 12.8 Å². The maximum atomic E-state index is 11.7. The van der Waals surface area contributed by atoms with Gasteiger partial charge in [-0.05, 0) is 25.0 Å². The highest BCUT2D eigenvalue weighted by atomic mass is 16.3. The number of nitrogens with two attached hydrogens (primary N) is 1. The van der Waals surface area contributed by atoms with Crippen molar-refractivity contribution in [1.82, 2.24) is 5.32 Å². The molecule has 0 bridgehead atoms. The third-order valence-corrected chi connectivity index (χ3v) is 3.14. The molecule has 1 heterocycles. The fourth-order valence-electron chi connectivity index (χ4n) is 2.16. The van der Waals surface area contributed by atoms with Gasteiger partial charge in [0.05, 0.1) is 12.8 Å². The zero-order chi connectivity index (χ0) is 11.4. The van der Waals surface area contributed by atoms with Crippen LogP contribution in [-0.2, 0) is 0 Å². The first-order chi connectivity index (χ1) is 7.77. The lowest BCUT2D eigenvalue weighted by Crippen LogP contribution is -2.48. The lowest BCUT2D eigenvalue weighted by atomic mass is 9.91. The minimum atomic E-state index is -0.0113. The normalized spacial score (nSPS) is 25.6. The third-order valence-electron chi connectivity index (χ3n) is 3.14. The Morgan fingerprint density at radius 3 is 3.00 bits per heavy atom. The Morgan fingerprint density at radius 1 is 1.50 bits per heavy atom. The van der Waals surface area contributed by atoms with Crippen molar-refractivity contribution in [1.29, 1.82) is 0 Å². The predicted molar refractivity (Wildman–Crippen MR) is 61.3 cm³/mol. The smallest absolute Gasteiger partial charge is 0.211 e. The van der Waals surface area contributed by atoms with E-state index in [1.807, 2.05) is 0 Å². The van der Waals surface area contributed by atoms with Gasteiger partial charge in [-0.3, -0.25) is 4.79 Å². The van der Waals surface area contributed by atoms with Crippen molar-refractivity contribution in [3.8, 4) is 0 Å². The summed E-state index contributed by atoms with van der Waals surface area (Å²) < 4.78 is 5.04. The number of furan rings is 1. The highest BCUT2D eigenvalue weighted by Gasteiger charge is 2.22. The fourth-order valence-corrected chi connectivity index (χ4v) is 2.16. The Labute approximate surface area is 95.2 Å². The largest absolute Gasteiger partial charge is 0.461 e. The summed E-state index contributed by atoms with van der Waals surface area (Å²) in [5, 5.41) is 3.22. The van der Waals surface area contributed by atoms with Gasteiger partial charge < -0.3 is 15.5 Å². The molecule has 1 fully saturated rings. The zero-order valence-corrected chi connectivity index (χ0v) is 9.32. The summed E-state index contributed by atoms with van der Waals surface area (Å²) in [6.45, 7) is 0.311. The van der Waals surface area contributed by atoms with Crippen molar-refractivity contribution in [2.24, 2.45) is 5.73 Å². The molecule has 1 aliphatic carbocycles. The van der Waals surface area contributed by atoms with Gasteiger partial charge in [-0.15, -0.1) is 0 Å². The van der Waals surface area contributed by atoms with Gasteiger partial charge in [0, 0.05) is 12.1 Å². The maximum absolute atomic E-state index is 11.7. The van der Waals surface area contributed by atoms with Crippen molar-refractivity contribution in [2.45, 2.75) is 37.8 Å². The molecule has 1 aromatic heterocycles. The summed E-state index contributed by atoms with van der Waals surface area (Å²) in [5.41, 5.74) is 5.99. The molecule has 88 valence electrons. The molecule has 2 rings (SSSR count). The van der Waals surface area contributed by atoms with E-state index in [1.54, 1.807) is 12.1 Å². The minimum Gasteiger partial charge on any atom is -0.461 e. The monoisotopic (exact) mass is 222 g/mol. The molecule has 4 nitrogen and oxygen atoms in total. The average Bonchev–Trinajstić information content (AvgIpc) is 2.81. The van der Waals surface area contributed by atoms with E-state index in [0.29, 0.717) is 12.3 Å². The molecule has 0 aromatic carbocycles. The highest BCUT2D eigenvalue weighted by molar-refractivity contribution is 5.95. The van der Waals surface area contributed by atoms with E-state index in [4.69, 9.17) is 10.2 Å². The maximum Gasteiger partial charge on any atom is 0.211 e. The molecule has 16 heavy (non-hydrogen) atoms. The first-order valence-electron chi connectivity index (χ1n) is 5.83. The highest BCUT2D eigenvalue weighted by Crippen LogP contribution is 2.16. The van der Waals surface area contributed by atoms with Gasteiger partial charge in [-0.25, -0.2) is 0 Å². The summed E-state index contributed by atoms with van der Waals surface area (Å²) in [6.07, 6.45) is 6.02. The van der Waals surface area contributed by atoms with Gasteiger partial charge in [-0.2, -0.15) is 0 Å². The summed E-state index contributed by atoms with van der Waals surface area (Å²) in [6, 6.07) is 3.86. The van der Waals surface area contributed by atoms with Crippen LogP contribution in [0.3, 0.4) is 0 Å². The van der Waals surface area contributed by atoms with Crippen LogP contribution in [0.15, 0.2) is 22.8 Å². The first kappa shape index (κ1) is 11.4. The molecule has 1 aliphatic rings. The van der Waals surface area contributed by atoms with Crippen LogP contribution in [-0.4, -0.2) is 24.4 Å². The van der Waals surface area contributed by atoms with Crippen molar-refractivity contribution in [3.63, 3.8) is 0 Å². The Kier molecular flexibility index (Phi) is 3.74. The Bertz CT molecular complexity index is 335. The standard InChI is InChI=1S/C12H18N2O2/c13-9-4-1-2-5-10(9)14-8-11(15)12-6-3-7-16-12/h3,6-7,9-10,14H,1-2,4-5,8,13H2/t9-,10-/m0/s1. The number of rotatable bonds is 4. The number of nitrogens with one attached hydrogen (secondary N) is 1. The molecule has 4 heteroatoms. The predicted octanol–water partition coefficient (Wildman–Crippen LogP) is 1.32. The zero-order valence-electron chi connectivity index (χ0n) is 9.32. The number of Topliss-reactive ketones (excluding diaryl/α,β-unsaturated/α-hetero) is 1. The molecule has 0 unspecified atom stereocenters. The van der Waals surface area contributed by atoms with E-state index in [1.165, 1.54) is 19.1 Å². The number of carbonyl (C=O) groups excluding carboxylic acids is 1. The molecule has 1 saturated carbocycles. The molecular formula is C12H18N2O2. The number of hydrogen-bond donors (Lipinski definition) is 2. The number of ketones is 1. The van der Waals surface area contributed by atoms with Crippen LogP contribution in [0.2, 0.25) is 0 Å². The fraction of sp³-hybridized carbons (Fsp3) is 0.583. The lowest BCUT2D eigenvalue weighted by Gasteiger charge is -2.29. The Hall–Kier alpha value is -1.13. The third kappa shape index (κ3) is 2.71. The van der Waals surface area contributed by atoms with Crippen molar-refractivity contribution in [2.75, 3.05) is 6.54 Å². The van der Waals surface area contributed by atoms with Crippen molar-refractivity contribution >= 4 is 5.78 Å². The van der Waals surface area contributed by atoms with E-state index in [-0.39, 0.29) is 17.9 Å². The summed E-state index contributed by atoms with van der Waals surface area (Å²) in [4.78, 5) is 11.7. The molecular weight excluding hydrogens is 204 g/mol. The topological polar surface area (TPSA) is 68.3 Å². The van der Waals surface area contributed by atoms with Crippen LogP contribution < -0.4 is 11.1 Å². The molecule has 0 spiro atoms. The van der Waals surface area contributed by atoms with Gasteiger partial charge in [0.15, 0.2) is 5.76 Å². The van der Waals surface area contributed by atoms with Crippen molar-refractivity contribution in [3.05, 3.63) is 24.2 Å². The van der Waals surface area contributed by atoms with Gasteiger partial charge >= 0.3 is 0 Å². The van der Waals surface area contributed by atoms with Crippen molar-refractivity contribution < 1.29 is 9.21 Å². The number of hydrogen-bond acceptors (Lipinski definition) is 4. The molecule has 0 amide bonds. The molecule has 1 aromatic rings.